The first kappa shape index (κ1) is 30.2. The van der Waals surface area contributed by atoms with Crippen LogP contribution in [-0.4, -0.2) is 28.7 Å². The van der Waals surface area contributed by atoms with Gasteiger partial charge in [-0.15, -0.1) is 0 Å². The summed E-state index contributed by atoms with van der Waals surface area (Å²) >= 11 is 0. The number of halogens is 12. The normalized spacial score (nSPS) is 10.9. The van der Waals surface area contributed by atoms with Gasteiger partial charge in [-0.25, -0.2) is 0 Å². The van der Waals surface area contributed by atoms with Crippen molar-refractivity contribution in [3.05, 3.63) is 69.8 Å². The van der Waals surface area contributed by atoms with Crippen molar-refractivity contribution in [2.45, 2.75) is 0 Å². The van der Waals surface area contributed by atoms with E-state index >= 15 is 0 Å². The van der Waals surface area contributed by atoms with Crippen molar-refractivity contribution in [3.8, 4) is 34.5 Å². The third-order valence-corrected chi connectivity index (χ3v) is 4.80. The Morgan fingerprint density at radius 3 is 0.600 bits per heavy atom. The van der Waals surface area contributed by atoms with Gasteiger partial charge in [0, 0.05) is 0 Å². The fraction of sp³-hybridized carbons (Fsp3) is 0.143. The van der Waals surface area contributed by atoms with Crippen molar-refractivity contribution >= 4 is 7.32 Å². The van der Waals surface area contributed by atoms with Gasteiger partial charge in [-0.3, -0.25) is 0 Å². The molecule has 0 unspecified atom stereocenters. The van der Waals surface area contributed by atoms with Crippen LogP contribution in [-0.2, 0) is 0 Å². The van der Waals surface area contributed by atoms with Crippen molar-refractivity contribution in [2.75, 3.05) is 21.3 Å². The molecule has 0 amide bonds. The lowest BCUT2D eigenvalue weighted by atomic mass is 10.1. The standard InChI is InChI=1S/C21H9BF12O6/c1-35-16-4(23)10(29)19(11(30)5(16)24)38-22(39-20-12(31)6(25)17(36-2)7(26)13(20)32)40-21-14(33)8(27)18(37-3)9(28)15(21)34/h1-3H3. The lowest BCUT2D eigenvalue weighted by molar-refractivity contribution is 0.245. The van der Waals surface area contributed by atoms with E-state index in [9.17, 15) is 52.7 Å². The third-order valence-electron chi connectivity index (χ3n) is 4.80. The Bertz CT molecular complexity index is 1230. The molecule has 3 aromatic carbocycles. The molecule has 0 aliphatic heterocycles. The van der Waals surface area contributed by atoms with Crippen molar-refractivity contribution in [2.24, 2.45) is 0 Å². The Hall–Kier alpha value is -4.32. The summed E-state index contributed by atoms with van der Waals surface area (Å²) in [7, 11) is -1.78. The number of hydrogen-bond acceptors (Lipinski definition) is 6. The monoisotopic (exact) mass is 596 g/mol. The maximum absolute atomic E-state index is 14.4. The number of benzene rings is 3. The highest BCUT2D eigenvalue weighted by atomic mass is 19.2. The summed E-state index contributed by atoms with van der Waals surface area (Å²) in [6.45, 7) is 0. The highest BCUT2D eigenvalue weighted by molar-refractivity contribution is 6.39. The molecule has 0 fully saturated rings. The first-order valence-electron chi connectivity index (χ1n) is 9.92. The van der Waals surface area contributed by atoms with Gasteiger partial charge in [-0.05, 0) is 0 Å². The van der Waals surface area contributed by atoms with Gasteiger partial charge >= 0.3 is 7.32 Å². The molecule has 0 N–H and O–H groups in total. The van der Waals surface area contributed by atoms with Crippen LogP contribution in [0.5, 0.6) is 34.5 Å². The van der Waals surface area contributed by atoms with Crippen LogP contribution in [0.15, 0.2) is 0 Å². The third kappa shape index (κ3) is 4.90. The molecule has 19 heteroatoms. The van der Waals surface area contributed by atoms with E-state index in [1.807, 2.05) is 0 Å². The summed E-state index contributed by atoms with van der Waals surface area (Å²) in [4.78, 5) is 0. The molecule has 0 saturated carbocycles. The Kier molecular flexibility index (Phi) is 8.64. The van der Waals surface area contributed by atoms with Gasteiger partial charge < -0.3 is 28.2 Å². The van der Waals surface area contributed by atoms with Gasteiger partial charge in [0.1, 0.15) is 0 Å². The summed E-state index contributed by atoms with van der Waals surface area (Å²) < 4.78 is 196. The van der Waals surface area contributed by atoms with Gasteiger partial charge in [-0.2, -0.15) is 52.7 Å². The van der Waals surface area contributed by atoms with Crippen LogP contribution in [0.1, 0.15) is 0 Å². The van der Waals surface area contributed by atoms with Crippen molar-refractivity contribution in [1.29, 1.82) is 0 Å². The Labute approximate surface area is 214 Å². The zero-order chi connectivity index (χ0) is 30.2. The van der Waals surface area contributed by atoms with Gasteiger partial charge in [-0.1, -0.05) is 0 Å². The van der Waals surface area contributed by atoms with Gasteiger partial charge in [0.05, 0.1) is 21.3 Å². The second kappa shape index (κ2) is 11.4. The minimum atomic E-state index is -3.51. The first-order chi connectivity index (χ1) is 18.7. The van der Waals surface area contributed by atoms with Crippen LogP contribution < -0.4 is 28.2 Å². The quantitative estimate of drug-likeness (QED) is 0.174. The molecule has 0 saturated heterocycles. The first-order valence-corrected chi connectivity index (χ1v) is 9.92. The fourth-order valence-electron chi connectivity index (χ4n) is 2.98. The maximum Gasteiger partial charge on any atom is 0.864 e. The van der Waals surface area contributed by atoms with Crippen LogP contribution in [0.25, 0.3) is 0 Å². The second-order valence-electron chi connectivity index (χ2n) is 7.00. The van der Waals surface area contributed by atoms with Gasteiger partial charge in [0.2, 0.25) is 69.8 Å². The predicted octanol–water partition coefficient (Wildman–Crippen LogP) is 5.90. The lowest BCUT2D eigenvalue weighted by Gasteiger charge is -2.20. The van der Waals surface area contributed by atoms with E-state index in [0.717, 1.165) is 0 Å². The average molecular weight is 596 g/mol. The molecule has 40 heavy (non-hydrogen) atoms. The number of rotatable bonds is 9. The molecule has 3 aromatic rings. The molecular weight excluding hydrogens is 587 g/mol. The van der Waals surface area contributed by atoms with E-state index in [1.54, 1.807) is 0 Å². The molecule has 0 aromatic heterocycles. The topological polar surface area (TPSA) is 55.4 Å². The molecule has 0 spiro atoms. The van der Waals surface area contributed by atoms with Crippen molar-refractivity contribution in [3.63, 3.8) is 0 Å². The van der Waals surface area contributed by atoms with Gasteiger partial charge in [0.25, 0.3) is 0 Å². The lowest BCUT2D eigenvalue weighted by Crippen LogP contribution is -2.39. The van der Waals surface area contributed by atoms with E-state index in [4.69, 9.17) is 0 Å². The molecule has 0 aliphatic rings. The molecule has 0 heterocycles. The zero-order valence-corrected chi connectivity index (χ0v) is 19.6. The Balaban J connectivity index is 2.24. The van der Waals surface area contributed by atoms with E-state index in [1.165, 1.54) is 0 Å². The number of methoxy groups -OCH3 is 3. The molecule has 3 rings (SSSR count). The molecule has 0 atom stereocenters. The van der Waals surface area contributed by atoms with E-state index in [2.05, 4.69) is 28.2 Å². The predicted molar refractivity (Wildman–Crippen MR) is 106 cm³/mol. The minimum Gasteiger partial charge on any atom is -0.491 e. The molecule has 6 nitrogen and oxygen atoms in total. The van der Waals surface area contributed by atoms with Gasteiger partial charge in [0.15, 0.2) is 34.5 Å². The van der Waals surface area contributed by atoms with E-state index < -0.39 is 112 Å². The fourth-order valence-corrected chi connectivity index (χ4v) is 2.98. The maximum atomic E-state index is 14.4. The zero-order valence-electron chi connectivity index (χ0n) is 19.6. The minimum absolute atomic E-state index is 0.576. The van der Waals surface area contributed by atoms with Crippen LogP contribution in [0, 0.1) is 69.8 Å². The van der Waals surface area contributed by atoms with Crippen LogP contribution in [0.3, 0.4) is 0 Å². The molecule has 0 bridgehead atoms. The summed E-state index contributed by atoms with van der Waals surface area (Å²) in [5, 5.41) is 0. The molecular formula is C21H9BF12O6. The van der Waals surface area contributed by atoms with Crippen LogP contribution in [0.2, 0.25) is 0 Å². The average Bonchev–Trinajstić information content (AvgIpc) is 2.93. The number of hydrogen-bond donors (Lipinski definition) is 0. The van der Waals surface area contributed by atoms with E-state index in [-0.39, 0.29) is 0 Å². The Morgan fingerprint density at radius 1 is 0.300 bits per heavy atom. The second-order valence-corrected chi connectivity index (χ2v) is 7.00. The molecule has 216 valence electrons. The summed E-state index contributed by atoms with van der Waals surface area (Å²) in [6, 6.07) is 0. The van der Waals surface area contributed by atoms with E-state index in [0.29, 0.717) is 21.3 Å². The highest BCUT2D eigenvalue weighted by Gasteiger charge is 2.42. The van der Waals surface area contributed by atoms with Crippen molar-refractivity contribution in [1.82, 2.24) is 0 Å². The SMILES string of the molecule is COc1c(F)c(F)c(OB(Oc2c(F)c(F)c(OC)c(F)c2F)Oc2c(F)c(F)c(OC)c(F)c2F)c(F)c1F. The highest BCUT2D eigenvalue weighted by Crippen LogP contribution is 2.39. The van der Waals surface area contributed by atoms with Crippen molar-refractivity contribution < 1.29 is 80.9 Å². The summed E-state index contributed by atoms with van der Waals surface area (Å²) in [5.41, 5.74) is 0. The molecule has 0 radical (unpaired) electrons. The number of ether oxygens (including phenoxy) is 3. The summed E-state index contributed by atoms with van der Waals surface area (Å²) in [5.74, 6) is -40.3. The smallest absolute Gasteiger partial charge is 0.491 e. The van der Waals surface area contributed by atoms with Crippen LogP contribution >= 0.6 is 0 Å². The largest absolute Gasteiger partial charge is 0.864 e. The summed E-state index contributed by atoms with van der Waals surface area (Å²) in [6.07, 6.45) is 0. The van der Waals surface area contributed by atoms with Crippen LogP contribution in [0.4, 0.5) is 52.7 Å². The molecule has 0 aliphatic carbocycles. The Morgan fingerprint density at radius 2 is 0.450 bits per heavy atom.